The molecule has 1 aromatic carbocycles. The van der Waals surface area contributed by atoms with Crippen LogP contribution in [0, 0.1) is 5.92 Å². The van der Waals surface area contributed by atoms with Crippen molar-refractivity contribution in [2.45, 2.75) is 44.1 Å². The normalized spacial score (nSPS) is 22.5. The molecule has 9 heteroatoms. The summed E-state index contributed by atoms with van der Waals surface area (Å²) in [5, 5.41) is 0. The number of halogens is 6. The summed E-state index contributed by atoms with van der Waals surface area (Å²) in [7, 11) is 0. The molecule has 1 fully saturated rings. The minimum atomic E-state index is -5.03. The molecule has 0 radical (unpaired) electrons. The maximum absolute atomic E-state index is 13.1. The Balaban J connectivity index is 1.93. The Kier molecular flexibility index (Phi) is 6.10. The fourth-order valence-corrected chi connectivity index (χ4v) is 3.78. The molecule has 1 aliphatic carbocycles. The largest absolute Gasteiger partial charge is 0.416 e. The van der Waals surface area contributed by atoms with Crippen LogP contribution in [0.3, 0.4) is 0 Å². The number of likely N-dealkylation sites (tertiary alicyclic amines) is 1. The first-order chi connectivity index (χ1) is 13.9. The van der Waals surface area contributed by atoms with E-state index in [1.807, 2.05) is 24.3 Å². The first-order valence-electron chi connectivity index (χ1n) is 9.40. The van der Waals surface area contributed by atoms with Crippen LogP contribution in [0.5, 0.6) is 0 Å². The molecule has 3 rings (SSSR count). The van der Waals surface area contributed by atoms with E-state index in [4.69, 9.17) is 0 Å². The molecule has 1 amide bonds. The van der Waals surface area contributed by atoms with Gasteiger partial charge in [-0.1, -0.05) is 24.3 Å². The van der Waals surface area contributed by atoms with Gasteiger partial charge in [0.25, 0.3) is 5.91 Å². The van der Waals surface area contributed by atoms with Gasteiger partial charge < -0.3 is 4.90 Å². The number of piperidine rings is 1. The van der Waals surface area contributed by atoms with E-state index in [0.29, 0.717) is 25.0 Å². The SMILES string of the molecule is O=C1CCN(C(=O)c2cc(C(F)(F)F)cc(C(F)(F)F)c2)C(CC2C=CC=CC2)C1. The summed E-state index contributed by atoms with van der Waals surface area (Å²) < 4.78 is 78.8. The van der Waals surface area contributed by atoms with Gasteiger partial charge in [-0.3, -0.25) is 9.59 Å². The van der Waals surface area contributed by atoms with Crippen LogP contribution in [-0.2, 0) is 17.1 Å². The molecule has 1 aliphatic heterocycles. The van der Waals surface area contributed by atoms with Crippen LogP contribution in [0.1, 0.15) is 47.2 Å². The van der Waals surface area contributed by atoms with E-state index in [0.717, 1.165) is 0 Å². The Morgan fingerprint density at radius 3 is 2.17 bits per heavy atom. The minimum absolute atomic E-state index is 0.00680. The second kappa shape index (κ2) is 8.28. The standard InChI is InChI=1S/C21H19F6NO2/c22-20(23,24)15-9-14(10-16(11-15)21(25,26)27)19(30)28-7-6-18(29)12-17(28)8-13-4-2-1-3-5-13/h1-4,9-11,13,17H,5-8,12H2. The third-order valence-corrected chi connectivity index (χ3v) is 5.28. The predicted octanol–water partition coefficient (Wildman–Crippen LogP) is 5.42. The highest BCUT2D eigenvalue weighted by Crippen LogP contribution is 2.37. The average molecular weight is 431 g/mol. The number of allylic oxidation sites excluding steroid dienone is 4. The molecule has 0 saturated carbocycles. The molecule has 3 nitrogen and oxygen atoms in total. The monoisotopic (exact) mass is 431 g/mol. The number of hydrogen-bond acceptors (Lipinski definition) is 2. The number of ketones is 1. The molecule has 162 valence electrons. The fourth-order valence-electron chi connectivity index (χ4n) is 3.78. The molecule has 1 saturated heterocycles. The van der Waals surface area contributed by atoms with E-state index in [1.54, 1.807) is 0 Å². The van der Waals surface area contributed by atoms with E-state index in [2.05, 4.69) is 0 Å². The van der Waals surface area contributed by atoms with Crippen LogP contribution >= 0.6 is 0 Å². The molecule has 0 spiro atoms. The highest BCUT2D eigenvalue weighted by molar-refractivity contribution is 5.96. The summed E-state index contributed by atoms with van der Waals surface area (Å²) >= 11 is 0. The van der Waals surface area contributed by atoms with Gasteiger partial charge in [-0.25, -0.2) is 0 Å². The maximum Gasteiger partial charge on any atom is 0.416 e. The lowest BCUT2D eigenvalue weighted by atomic mass is 9.87. The minimum Gasteiger partial charge on any atom is -0.335 e. The summed E-state index contributed by atoms with van der Waals surface area (Å²) in [6, 6.07) is 0.291. The fraction of sp³-hybridized carbons (Fsp3) is 0.429. The molecular formula is C21H19F6NO2. The third kappa shape index (κ3) is 5.12. The van der Waals surface area contributed by atoms with Crippen molar-refractivity contribution in [2.24, 2.45) is 5.92 Å². The van der Waals surface area contributed by atoms with Gasteiger partial charge in [-0.15, -0.1) is 0 Å². The second-order valence-corrected chi connectivity index (χ2v) is 7.48. The van der Waals surface area contributed by atoms with Crippen molar-refractivity contribution < 1.29 is 35.9 Å². The first-order valence-corrected chi connectivity index (χ1v) is 9.40. The molecule has 30 heavy (non-hydrogen) atoms. The van der Waals surface area contributed by atoms with Gasteiger partial charge in [-0.05, 0) is 37.0 Å². The van der Waals surface area contributed by atoms with Gasteiger partial charge in [0.2, 0.25) is 0 Å². The van der Waals surface area contributed by atoms with E-state index in [1.165, 1.54) is 4.90 Å². The molecule has 2 aliphatic rings. The number of amides is 1. The number of rotatable bonds is 3. The van der Waals surface area contributed by atoms with Crippen LogP contribution in [0.25, 0.3) is 0 Å². The van der Waals surface area contributed by atoms with Gasteiger partial charge >= 0.3 is 12.4 Å². The molecular weight excluding hydrogens is 412 g/mol. The Bertz CT molecular complexity index is 852. The summed E-state index contributed by atoms with van der Waals surface area (Å²) in [5.41, 5.74) is -3.76. The Labute approximate surface area is 169 Å². The number of alkyl halides is 6. The lowest BCUT2D eigenvalue weighted by Gasteiger charge is -2.37. The van der Waals surface area contributed by atoms with Crippen LogP contribution in [-0.4, -0.2) is 29.2 Å². The lowest BCUT2D eigenvalue weighted by molar-refractivity contribution is -0.143. The van der Waals surface area contributed by atoms with E-state index in [9.17, 15) is 35.9 Å². The van der Waals surface area contributed by atoms with E-state index < -0.39 is 41.0 Å². The Morgan fingerprint density at radius 1 is 1.00 bits per heavy atom. The van der Waals surface area contributed by atoms with Gasteiger partial charge in [0.1, 0.15) is 5.78 Å². The zero-order valence-corrected chi connectivity index (χ0v) is 15.8. The lowest BCUT2D eigenvalue weighted by Crippen LogP contribution is -2.47. The van der Waals surface area contributed by atoms with Gasteiger partial charge in [0, 0.05) is 31.0 Å². The number of benzene rings is 1. The Morgan fingerprint density at radius 2 is 1.63 bits per heavy atom. The molecule has 2 unspecified atom stereocenters. The highest BCUT2D eigenvalue weighted by Gasteiger charge is 2.39. The number of Topliss-reactive ketones (excluding diaryl/α,β-unsaturated/α-hetero) is 1. The second-order valence-electron chi connectivity index (χ2n) is 7.48. The van der Waals surface area contributed by atoms with Gasteiger partial charge in [0.15, 0.2) is 0 Å². The number of hydrogen-bond donors (Lipinski definition) is 0. The van der Waals surface area contributed by atoms with Crippen LogP contribution in [0.15, 0.2) is 42.5 Å². The quantitative estimate of drug-likeness (QED) is 0.600. The van der Waals surface area contributed by atoms with Crippen LogP contribution in [0.4, 0.5) is 26.3 Å². The van der Waals surface area contributed by atoms with E-state index in [-0.39, 0.29) is 37.2 Å². The number of nitrogens with zero attached hydrogens (tertiary/aromatic N) is 1. The number of carbonyl (C=O) groups is 2. The zero-order valence-electron chi connectivity index (χ0n) is 15.8. The molecule has 2 atom stereocenters. The van der Waals surface area contributed by atoms with Crippen LogP contribution < -0.4 is 0 Å². The average Bonchev–Trinajstić information content (AvgIpc) is 2.67. The third-order valence-electron chi connectivity index (χ3n) is 5.28. The van der Waals surface area contributed by atoms with Gasteiger partial charge in [-0.2, -0.15) is 26.3 Å². The van der Waals surface area contributed by atoms with Crippen LogP contribution in [0.2, 0.25) is 0 Å². The van der Waals surface area contributed by atoms with E-state index >= 15 is 0 Å². The molecule has 1 aromatic rings. The van der Waals surface area contributed by atoms with Crippen molar-refractivity contribution in [3.63, 3.8) is 0 Å². The summed E-state index contributed by atoms with van der Waals surface area (Å²) in [5.74, 6) is -0.979. The van der Waals surface area contributed by atoms with Crippen molar-refractivity contribution >= 4 is 11.7 Å². The summed E-state index contributed by atoms with van der Waals surface area (Å²) in [6.45, 7) is -0.0355. The predicted molar refractivity (Wildman–Crippen MR) is 96.5 cm³/mol. The molecule has 0 N–H and O–H groups in total. The first kappa shape index (κ1) is 22.1. The van der Waals surface area contributed by atoms with Crippen molar-refractivity contribution in [3.8, 4) is 0 Å². The summed E-state index contributed by atoms with van der Waals surface area (Å²) in [6.07, 6.45) is -1.41. The molecule has 0 bridgehead atoms. The highest BCUT2D eigenvalue weighted by atomic mass is 19.4. The topological polar surface area (TPSA) is 37.4 Å². The number of carbonyl (C=O) groups excluding carboxylic acids is 2. The van der Waals surface area contributed by atoms with Crippen molar-refractivity contribution in [1.29, 1.82) is 0 Å². The molecule has 1 heterocycles. The Hall–Kier alpha value is -2.58. The summed E-state index contributed by atoms with van der Waals surface area (Å²) in [4.78, 5) is 26.1. The van der Waals surface area contributed by atoms with Crippen molar-refractivity contribution in [2.75, 3.05) is 6.54 Å². The van der Waals surface area contributed by atoms with Crippen molar-refractivity contribution in [1.82, 2.24) is 4.90 Å². The van der Waals surface area contributed by atoms with Crippen molar-refractivity contribution in [3.05, 3.63) is 59.2 Å². The smallest absolute Gasteiger partial charge is 0.335 e. The van der Waals surface area contributed by atoms with Gasteiger partial charge in [0.05, 0.1) is 11.1 Å². The maximum atomic E-state index is 13.1. The molecule has 0 aromatic heterocycles. The zero-order chi connectivity index (χ0) is 22.1.